The molecule has 3 heterocycles. The van der Waals surface area contributed by atoms with Crippen LogP contribution in [-0.2, 0) is 62.1 Å². The standard InChI is InChI=1S/C41H47O11P/c1-41(2)50-36-34(32(43)23-42)48-39(37(36)51-41)49-40-38(47-26-30-19-11-5-12-20-30)35(46-25-29-17-9-4-10-18-29)33(27-45-24-28-15-7-3-8-16-28)52-53(40,44)31-21-13-6-14-22-31/h3-22,32-40,42-43H,23-27H2,1-2H3/t32-,33-,34-,35-,36+,37+,38+,39-,40-,53+/m1/s1. The predicted octanol–water partition coefficient (Wildman–Crippen LogP) is 5.32. The van der Waals surface area contributed by atoms with Crippen molar-refractivity contribution in [2.75, 3.05) is 13.2 Å². The van der Waals surface area contributed by atoms with Gasteiger partial charge in [0.25, 0.3) is 7.37 Å². The molecule has 11 nitrogen and oxygen atoms in total. The molecule has 0 bridgehead atoms. The van der Waals surface area contributed by atoms with E-state index in [0.29, 0.717) is 11.9 Å². The third-order valence-electron chi connectivity index (χ3n) is 9.57. The van der Waals surface area contributed by atoms with E-state index in [2.05, 4.69) is 0 Å². The molecule has 3 saturated heterocycles. The lowest BCUT2D eigenvalue weighted by Crippen LogP contribution is -2.57. The van der Waals surface area contributed by atoms with E-state index in [1.807, 2.05) is 97.1 Å². The maximum Gasteiger partial charge on any atom is 0.263 e. The van der Waals surface area contributed by atoms with E-state index >= 15 is 4.57 Å². The van der Waals surface area contributed by atoms with Gasteiger partial charge in [0, 0.05) is 5.30 Å². The van der Waals surface area contributed by atoms with E-state index in [-0.39, 0.29) is 19.8 Å². The Bertz CT molecular complexity index is 1760. The Morgan fingerprint density at radius 1 is 0.717 bits per heavy atom. The van der Waals surface area contributed by atoms with Crippen molar-refractivity contribution in [3.8, 4) is 0 Å². The normalized spacial score (nSPS) is 31.2. The van der Waals surface area contributed by atoms with Crippen molar-refractivity contribution in [1.29, 1.82) is 0 Å². The number of hydrogen-bond donors (Lipinski definition) is 2. The molecule has 0 radical (unpaired) electrons. The first-order valence-corrected chi connectivity index (χ1v) is 19.7. The molecular weight excluding hydrogens is 699 g/mol. The molecule has 53 heavy (non-hydrogen) atoms. The number of fused-ring (bicyclic) bond motifs is 1. The second-order valence-corrected chi connectivity index (χ2v) is 16.3. The number of aliphatic hydroxyl groups is 2. The van der Waals surface area contributed by atoms with E-state index in [1.54, 1.807) is 38.1 Å². The molecule has 2 N–H and O–H groups in total. The summed E-state index contributed by atoms with van der Waals surface area (Å²) in [4.78, 5) is 0. The summed E-state index contributed by atoms with van der Waals surface area (Å²) in [5, 5.41) is 21.1. The summed E-state index contributed by atoms with van der Waals surface area (Å²) in [6.45, 7) is 3.65. The van der Waals surface area contributed by atoms with Gasteiger partial charge in [-0.2, -0.15) is 0 Å². The van der Waals surface area contributed by atoms with E-state index in [4.69, 9.17) is 37.7 Å². The highest BCUT2D eigenvalue weighted by Crippen LogP contribution is 2.59. The fraction of sp³-hybridized carbons (Fsp3) is 0.415. The van der Waals surface area contributed by atoms with Crippen LogP contribution in [0.1, 0.15) is 30.5 Å². The lowest BCUT2D eigenvalue weighted by molar-refractivity contribution is -0.267. The van der Waals surface area contributed by atoms with Gasteiger partial charge in [0.2, 0.25) is 0 Å². The SMILES string of the molecule is CC1(C)O[C@@H]2[C@H](O1)[C@@H](O[C@H]1[C@@H](OCc3ccccc3)[C@H](OCc3ccccc3)[C@@H](COCc3ccccc3)O[P@@]1(=O)c1ccccc1)O[C@@H]2[C@H](O)CO. The van der Waals surface area contributed by atoms with Gasteiger partial charge in [-0.05, 0) is 42.7 Å². The van der Waals surface area contributed by atoms with Crippen LogP contribution in [0, 0.1) is 0 Å². The molecule has 282 valence electrons. The van der Waals surface area contributed by atoms with Crippen LogP contribution in [0.25, 0.3) is 0 Å². The Kier molecular flexibility index (Phi) is 12.2. The zero-order chi connectivity index (χ0) is 36.8. The van der Waals surface area contributed by atoms with Gasteiger partial charge in [0.05, 0.1) is 33.0 Å². The first-order chi connectivity index (χ1) is 25.7. The van der Waals surface area contributed by atoms with Crippen molar-refractivity contribution in [1.82, 2.24) is 0 Å². The van der Waals surface area contributed by atoms with Gasteiger partial charge in [-0.25, -0.2) is 0 Å². The molecule has 0 aromatic heterocycles. The Morgan fingerprint density at radius 3 is 1.79 bits per heavy atom. The van der Waals surface area contributed by atoms with Crippen molar-refractivity contribution < 1.29 is 52.5 Å². The molecule has 0 spiro atoms. The highest BCUT2D eigenvalue weighted by Gasteiger charge is 2.62. The molecule has 0 amide bonds. The van der Waals surface area contributed by atoms with Crippen LogP contribution in [0.5, 0.6) is 0 Å². The van der Waals surface area contributed by atoms with Gasteiger partial charge in [-0.15, -0.1) is 0 Å². The van der Waals surface area contributed by atoms with Crippen LogP contribution in [0.3, 0.4) is 0 Å². The molecule has 3 aliphatic rings. The average Bonchev–Trinajstić information content (AvgIpc) is 3.68. The number of benzene rings is 4. The third kappa shape index (κ3) is 8.83. The topological polar surface area (TPSA) is 131 Å². The van der Waals surface area contributed by atoms with Crippen LogP contribution >= 0.6 is 7.37 Å². The minimum Gasteiger partial charge on any atom is -0.394 e. The monoisotopic (exact) mass is 746 g/mol. The van der Waals surface area contributed by atoms with E-state index in [0.717, 1.165) is 16.7 Å². The summed E-state index contributed by atoms with van der Waals surface area (Å²) >= 11 is 0. The van der Waals surface area contributed by atoms with Gasteiger partial charge in [-0.3, -0.25) is 4.57 Å². The van der Waals surface area contributed by atoms with Crippen LogP contribution in [0.4, 0.5) is 0 Å². The van der Waals surface area contributed by atoms with Gasteiger partial charge in [0.15, 0.2) is 17.9 Å². The second-order valence-electron chi connectivity index (χ2n) is 13.9. The fourth-order valence-electron chi connectivity index (χ4n) is 7.05. The molecule has 4 aromatic carbocycles. The largest absolute Gasteiger partial charge is 0.394 e. The van der Waals surface area contributed by atoms with Gasteiger partial charge < -0.3 is 47.9 Å². The number of ether oxygens (including phenoxy) is 7. The van der Waals surface area contributed by atoms with Crippen LogP contribution in [-0.4, -0.2) is 84.1 Å². The summed E-state index contributed by atoms with van der Waals surface area (Å²) in [7, 11) is -4.02. The second kappa shape index (κ2) is 17.0. The lowest BCUT2D eigenvalue weighted by Gasteiger charge is -2.46. The van der Waals surface area contributed by atoms with E-state index in [1.165, 1.54) is 0 Å². The molecule has 7 rings (SSSR count). The highest BCUT2D eigenvalue weighted by atomic mass is 31.2. The number of aliphatic hydroxyl groups excluding tert-OH is 2. The van der Waals surface area contributed by atoms with Crippen LogP contribution in [0.15, 0.2) is 121 Å². The summed E-state index contributed by atoms with van der Waals surface area (Å²) in [6, 6.07) is 38.1. The van der Waals surface area contributed by atoms with Crippen LogP contribution in [0.2, 0.25) is 0 Å². The Hall–Kier alpha value is -3.29. The molecule has 3 fully saturated rings. The van der Waals surface area contributed by atoms with Crippen LogP contribution < -0.4 is 5.30 Å². The molecular formula is C41H47O11P. The summed E-state index contributed by atoms with van der Waals surface area (Å²) in [5.41, 5.74) is 2.79. The summed E-state index contributed by atoms with van der Waals surface area (Å²) in [6.07, 6.45) is -7.71. The predicted molar refractivity (Wildman–Crippen MR) is 195 cm³/mol. The fourth-order valence-corrected chi connectivity index (χ4v) is 9.68. The highest BCUT2D eigenvalue weighted by molar-refractivity contribution is 7.67. The first-order valence-electron chi connectivity index (χ1n) is 18.0. The Labute approximate surface area is 310 Å². The van der Waals surface area contributed by atoms with Gasteiger partial charge in [-0.1, -0.05) is 109 Å². The minimum absolute atomic E-state index is 0.0453. The smallest absolute Gasteiger partial charge is 0.263 e. The van der Waals surface area contributed by atoms with Crippen molar-refractivity contribution >= 4 is 12.7 Å². The van der Waals surface area contributed by atoms with E-state index < -0.39 is 74.6 Å². The molecule has 10 atom stereocenters. The quantitative estimate of drug-likeness (QED) is 0.153. The van der Waals surface area contributed by atoms with Gasteiger partial charge in [0.1, 0.15) is 42.7 Å². The minimum atomic E-state index is -4.02. The summed E-state index contributed by atoms with van der Waals surface area (Å²) in [5.74, 6) is -2.31. The maximum absolute atomic E-state index is 15.8. The Balaban J connectivity index is 1.28. The molecule has 0 unspecified atom stereocenters. The first kappa shape index (κ1) is 38.0. The van der Waals surface area contributed by atoms with Crippen molar-refractivity contribution in [3.05, 3.63) is 138 Å². The zero-order valence-electron chi connectivity index (χ0n) is 29.8. The summed E-state index contributed by atoms with van der Waals surface area (Å²) < 4.78 is 67.7. The lowest BCUT2D eigenvalue weighted by atomic mass is 10.1. The molecule has 0 saturated carbocycles. The van der Waals surface area contributed by atoms with E-state index in [9.17, 15) is 10.2 Å². The van der Waals surface area contributed by atoms with Crippen molar-refractivity contribution in [3.63, 3.8) is 0 Å². The number of rotatable bonds is 15. The molecule has 0 aliphatic carbocycles. The van der Waals surface area contributed by atoms with Crippen molar-refractivity contribution in [2.45, 2.75) is 94.3 Å². The van der Waals surface area contributed by atoms with Crippen molar-refractivity contribution in [2.24, 2.45) is 0 Å². The number of hydrogen-bond acceptors (Lipinski definition) is 11. The Morgan fingerprint density at radius 2 is 1.23 bits per heavy atom. The third-order valence-corrected chi connectivity index (χ3v) is 12.3. The molecule has 12 heteroatoms. The average molecular weight is 747 g/mol. The maximum atomic E-state index is 15.8. The molecule has 3 aliphatic heterocycles. The van der Waals surface area contributed by atoms with Gasteiger partial charge >= 0.3 is 0 Å². The zero-order valence-corrected chi connectivity index (χ0v) is 30.7. The molecule has 4 aromatic rings.